The average Bonchev–Trinajstić information content (AvgIpc) is 3.00. The summed E-state index contributed by atoms with van der Waals surface area (Å²) >= 11 is 0. The third kappa shape index (κ3) is 3.84. The van der Waals surface area contributed by atoms with E-state index in [4.69, 9.17) is 9.47 Å². The Labute approximate surface area is 128 Å². The van der Waals surface area contributed by atoms with Crippen LogP contribution in [0.4, 0.5) is 0 Å². The summed E-state index contributed by atoms with van der Waals surface area (Å²) in [5.74, 6) is 0. The molecule has 2 unspecified atom stereocenters. The maximum absolute atomic E-state index is 5.87. The van der Waals surface area contributed by atoms with Gasteiger partial charge in [0.05, 0.1) is 18.4 Å². The molecule has 2 heterocycles. The van der Waals surface area contributed by atoms with Crippen molar-refractivity contribution < 1.29 is 9.47 Å². The molecule has 1 N–H and O–H groups in total. The van der Waals surface area contributed by atoms with Crippen LogP contribution in [-0.2, 0) is 29.4 Å². The standard InChI is InChI=1S/C16H29N3O2/c1-5-14-10-15(19(3)18-14)11-16(6-8-21-13(16)2)12-17-7-9-20-4/h10,13,17H,5-9,11-12H2,1-4H3. The zero-order valence-electron chi connectivity index (χ0n) is 13.8. The van der Waals surface area contributed by atoms with Gasteiger partial charge in [-0.05, 0) is 32.3 Å². The largest absolute Gasteiger partial charge is 0.383 e. The van der Waals surface area contributed by atoms with Crippen molar-refractivity contribution in [2.75, 3.05) is 33.4 Å². The van der Waals surface area contributed by atoms with Crippen molar-refractivity contribution in [1.29, 1.82) is 0 Å². The van der Waals surface area contributed by atoms with Crippen LogP contribution in [0.3, 0.4) is 0 Å². The summed E-state index contributed by atoms with van der Waals surface area (Å²) in [6.45, 7) is 7.79. The van der Waals surface area contributed by atoms with Gasteiger partial charge in [0.1, 0.15) is 0 Å². The average molecular weight is 295 g/mol. The number of nitrogens with one attached hydrogen (secondary N) is 1. The van der Waals surface area contributed by atoms with Crippen LogP contribution in [0.15, 0.2) is 6.07 Å². The molecule has 0 spiro atoms. The van der Waals surface area contributed by atoms with Crippen LogP contribution in [0.1, 0.15) is 31.7 Å². The fourth-order valence-electron chi connectivity index (χ4n) is 3.13. The molecule has 0 saturated carbocycles. The lowest BCUT2D eigenvalue weighted by Crippen LogP contribution is -2.42. The first-order valence-corrected chi connectivity index (χ1v) is 7.94. The molecular weight excluding hydrogens is 266 g/mol. The minimum atomic E-state index is 0.159. The van der Waals surface area contributed by atoms with Crippen molar-refractivity contribution in [1.82, 2.24) is 15.1 Å². The Morgan fingerprint density at radius 3 is 2.95 bits per heavy atom. The van der Waals surface area contributed by atoms with Crippen molar-refractivity contribution >= 4 is 0 Å². The Kier molecular flexibility index (Phi) is 5.79. The van der Waals surface area contributed by atoms with Crippen molar-refractivity contribution in [2.24, 2.45) is 12.5 Å². The number of hydrogen-bond acceptors (Lipinski definition) is 4. The molecule has 1 aromatic heterocycles. The van der Waals surface area contributed by atoms with E-state index < -0.39 is 0 Å². The van der Waals surface area contributed by atoms with E-state index in [0.29, 0.717) is 0 Å². The van der Waals surface area contributed by atoms with Gasteiger partial charge >= 0.3 is 0 Å². The molecule has 1 aliphatic rings. The molecule has 1 fully saturated rings. The monoisotopic (exact) mass is 295 g/mol. The lowest BCUT2D eigenvalue weighted by Gasteiger charge is -2.32. The van der Waals surface area contributed by atoms with E-state index in [9.17, 15) is 0 Å². The Balaban J connectivity index is 2.07. The highest BCUT2D eigenvalue weighted by atomic mass is 16.5. The molecule has 2 atom stereocenters. The Hall–Kier alpha value is -0.910. The van der Waals surface area contributed by atoms with E-state index in [-0.39, 0.29) is 11.5 Å². The van der Waals surface area contributed by atoms with E-state index in [1.807, 2.05) is 11.7 Å². The Morgan fingerprint density at radius 1 is 1.57 bits per heavy atom. The number of rotatable bonds is 8. The van der Waals surface area contributed by atoms with Crippen LogP contribution in [0.5, 0.6) is 0 Å². The lowest BCUT2D eigenvalue weighted by molar-refractivity contribution is 0.0610. The number of ether oxygens (including phenoxy) is 2. The highest BCUT2D eigenvalue weighted by Gasteiger charge is 2.41. The first-order valence-electron chi connectivity index (χ1n) is 7.94. The summed E-state index contributed by atoms with van der Waals surface area (Å²) in [5, 5.41) is 8.10. The normalized spacial score (nSPS) is 25.6. The second kappa shape index (κ2) is 7.38. The fraction of sp³-hybridized carbons (Fsp3) is 0.812. The van der Waals surface area contributed by atoms with Crippen LogP contribution in [0.2, 0.25) is 0 Å². The fourth-order valence-corrected chi connectivity index (χ4v) is 3.13. The second-order valence-corrected chi connectivity index (χ2v) is 6.08. The molecule has 5 heteroatoms. The minimum Gasteiger partial charge on any atom is -0.383 e. The maximum Gasteiger partial charge on any atom is 0.0624 e. The van der Waals surface area contributed by atoms with Crippen LogP contribution in [0, 0.1) is 5.41 Å². The molecule has 0 aliphatic carbocycles. The first kappa shape index (κ1) is 16.5. The van der Waals surface area contributed by atoms with E-state index in [2.05, 4.69) is 30.3 Å². The Bertz CT molecular complexity index is 447. The molecule has 0 aromatic carbocycles. The number of hydrogen-bond donors (Lipinski definition) is 1. The number of aromatic nitrogens is 2. The summed E-state index contributed by atoms with van der Waals surface area (Å²) in [7, 11) is 3.78. The molecule has 5 nitrogen and oxygen atoms in total. The summed E-state index contributed by atoms with van der Waals surface area (Å²) in [6.07, 6.45) is 3.37. The van der Waals surface area contributed by atoms with Crippen LogP contribution < -0.4 is 5.32 Å². The molecule has 1 aromatic rings. The molecule has 0 bridgehead atoms. The van der Waals surface area contributed by atoms with Gasteiger partial charge in [0.2, 0.25) is 0 Å². The van der Waals surface area contributed by atoms with Gasteiger partial charge in [0, 0.05) is 45.0 Å². The van der Waals surface area contributed by atoms with Gasteiger partial charge in [-0.15, -0.1) is 0 Å². The molecule has 1 saturated heterocycles. The van der Waals surface area contributed by atoms with Gasteiger partial charge < -0.3 is 14.8 Å². The highest BCUT2D eigenvalue weighted by molar-refractivity contribution is 5.14. The van der Waals surface area contributed by atoms with Gasteiger partial charge in [0.15, 0.2) is 0 Å². The first-order chi connectivity index (χ1) is 10.1. The van der Waals surface area contributed by atoms with E-state index in [0.717, 1.165) is 45.6 Å². The van der Waals surface area contributed by atoms with Crippen molar-refractivity contribution in [3.8, 4) is 0 Å². The minimum absolute atomic E-state index is 0.159. The van der Waals surface area contributed by atoms with Gasteiger partial charge in [0.25, 0.3) is 0 Å². The van der Waals surface area contributed by atoms with Crippen LogP contribution >= 0.6 is 0 Å². The van der Waals surface area contributed by atoms with Crippen LogP contribution in [0.25, 0.3) is 0 Å². The zero-order chi connectivity index (χ0) is 15.3. The van der Waals surface area contributed by atoms with Gasteiger partial charge in [-0.1, -0.05) is 6.92 Å². The molecule has 1 aliphatic heterocycles. The number of aryl methyl sites for hydroxylation is 2. The van der Waals surface area contributed by atoms with Gasteiger partial charge in [-0.25, -0.2) is 0 Å². The summed E-state index contributed by atoms with van der Waals surface area (Å²) in [5.41, 5.74) is 2.63. The quantitative estimate of drug-likeness (QED) is 0.739. The third-order valence-corrected chi connectivity index (χ3v) is 4.71. The molecule has 21 heavy (non-hydrogen) atoms. The zero-order valence-corrected chi connectivity index (χ0v) is 13.8. The predicted molar refractivity (Wildman–Crippen MR) is 83.5 cm³/mol. The molecule has 2 rings (SSSR count). The topological polar surface area (TPSA) is 48.3 Å². The number of nitrogens with zero attached hydrogens (tertiary/aromatic N) is 2. The van der Waals surface area contributed by atoms with Crippen molar-refractivity contribution in [3.05, 3.63) is 17.5 Å². The Morgan fingerprint density at radius 2 is 2.38 bits per heavy atom. The molecular formula is C16H29N3O2. The van der Waals surface area contributed by atoms with Gasteiger partial charge in [-0.3, -0.25) is 4.68 Å². The van der Waals surface area contributed by atoms with Crippen molar-refractivity contribution in [2.45, 2.75) is 39.2 Å². The van der Waals surface area contributed by atoms with E-state index in [1.54, 1.807) is 7.11 Å². The summed E-state index contributed by atoms with van der Waals surface area (Å²) < 4.78 is 13.0. The molecule has 120 valence electrons. The SMILES string of the molecule is CCc1cc(CC2(CNCCOC)CCOC2C)n(C)n1. The van der Waals surface area contributed by atoms with Gasteiger partial charge in [-0.2, -0.15) is 5.10 Å². The smallest absolute Gasteiger partial charge is 0.0624 e. The number of methoxy groups -OCH3 is 1. The summed E-state index contributed by atoms with van der Waals surface area (Å²) in [6, 6.07) is 2.24. The van der Waals surface area contributed by atoms with E-state index in [1.165, 1.54) is 11.4 Å². The molecule has 0 amide bonds. The predicted octanol–water partition coefficient (Wildman–Crippen LogP) is 1.56. The van der Waals surface area contributed by atoms with Crippen molar-refractivity contribution in [3.63, 3.8) is 0 Å². The molecule has 0 radical (unpaired) electrons. The van der Waals surface area contributed by atoms with E-state index >= 15 is 0 Å². The summed E-state index contributed by atoms with van der Waals surface area (Å²) in [4.78, 5) is 0. The third-order valence-electron chi connectivity index (χ3n) is 4.71. The second-order valence-electron chi connectivity index (χ2n) is 6.08. The maximum atomic E-state index is 5.87. The highest BCUT2D eigenvalue weighted by Crippen LogP contribution is 2.37. The lowest BCUT2D eigenvalue weighted by atomic mass is 9.77. The van der Waals surface area contributed by atoms with Crippen LogP contribution in [-0.4, -0.2) is 49.3 Å².